The van der Waals surface area contributed by atoms with Crippen molar-refractivity contribution in [3.05, 3.63) is 20.2 Å². The van der Waals surface area contributed by atoms with Crippen LogP contribution in [0, 0.1) is 20.2 Å². The van der Waals surface area contributed by atoms with Crippen molar-refractivity contribution in [3.8, 4) is 0 Å². The largest absolute Gasteiger partial charge is 0.351 e. The van der Waals surface area contributed by atoms with E-state index in [1.54, 1.807) is 6.92 Å². The molecule has 10 nitrogen and oxygen atoms in total. The molecule has 0 aliphatic heterocycles. The smallest absolute Gasteiger partial charge is 0.268 e. The molecule has 0 radical (unpaired) electrons. The minimum Gasteiger partial charge on any atom is -0.351 e. The van der Waals surface area contributed by atoms with E-state index < -0.39 is 10.1 Å². The van der Waals surface area contributed by atoms with E-state index in [1.165, 1.54) is 0 Å². The van der Waals surface area contributed by atoms with Gasteiger partial charge in [0.2, 0.25) is 0 Å². The van der Waals surface area contributed by atoms with Crippen molar-refractivity contribution in [2.45, 2.75) is 6.92 Å². The molecule has 0 aliphatic carbocycles. The zero-order chi connectivity index (χ0) is 11.7. The first kappa shape index (κ1) is 12.9. The van der Waals surface area contributed by atoms with Crippen LogP contribution in [0.15, 0.2) is 5.10 Å². The Bertz CT molecular complexity index is 254. The van der Waals surface area contributed by atoms with Crippen molar-refractivity contribution >= 4 is 5.96 Å². The SMILES string of the molecule is CCN/C(=N\[N+](=O)[O-])NCCN[N+](=O)[O-]. The monoisotopic (exact) mass is 220 g/mol. The molecule has 0 aromatic rings. The van der Waals surface area contributed by atoms with Crippen molar-refractivity contribution in [1.29, 1.82) is 0 Å². The van der Waals surface area contributed by atoms with Crippen LogP contribution in [0.1, 0.15) is 6.92 Å². The molecule has 86 valence electrons. The topological polar surface area (TPSA) is 135 Å². The summed E-state index contributed by atoms with van der Waals surface area (Å²) in [4.78, 5) is 19.9. The third-order valence-electron chi connectivity index (χ3n) is 1.18. The Morgan fingerprint density at radius 1 is 1.27 bits per heavy atom. The van der Waals surface area contributed by atoms with Gasteiger partial charge in [-0.15, -0.1) is 5.43 Å². The molecule has 0 saturated heterocycles. The number of hydrogen-bond donors (Lipinski definition) is 3. The molecular formula is C5H12N6O4. The molecule has 0 fully saturated rings. The maximum atomic E-state index is 10.0. The molecule has 15 heavy (non-hydrogen) atoms. The first-order chi connectivity index (χ1) is 7.06. The summed E-state index contributed by atoms with van der Waals surface area (Å²) in [5, 5.41) is 26.5. The summed E-state index contributed by atoms with van der Waals surface area (Å²) in [6, 6.07) is 0. The third-order valence-corrected chi connectivity index (χ3v) is 1.18. The molecule has 3 N–H and O–H groups in total. The van der Waals surface area contributed by atoms with Crippen LogP contribution in [0.2, 0.25) is 0 Å². The van der Waals surface area contributed by atoms with Gasteiger partial charge in [-0.1, -0.05) is 0 Å². The predicted molar refractivity (Wildman–Crippen MR) is 51.1 cm³/mol. The molecule has 0 amide bonds. The highest BCUT2D eigenvalue weighted by atomic mass is 16.7. The van der Waals surface area contributed by atoms with E-state index in [-0.39, 0.29) is 19.0 Å². The van der Waals surface area contributed by atoms with Gasteiger partial charge in [0, 0.05) is 13.1 Å². The lowest BCUT2D eigenvalue weighted by atomic mass is 10.6. The number of hydrogen-bond acceptors (Lipinski definition) is 4. The minimum absolute atomic E-state index is 0.0207. The number of hydrazine groups is 1. The highest BCUT2D eigenvalue weighted by molar-refractivity contribution is 5.78. The van der Waals surface area contributed by atoms with Crippen LogP contribution in [-0.4, -0.2) is 35.7 Å². The summed E-state index contributed by atoms with van der Waals surface area (Å²) < 4.78 is 0. The number of nitrogens with zero attached hydrogens (tertiary/aromatic N) is 3. The van der Waals surface area contributed by atoms with Crippen molar-refractivity contribution < 1.29 is 10.1 Å². The number of nitro groups is 2. The summed E-state index contributed by atoms with van der Waals surface area (Å²) in [7, 11) is 0. The van der Waals surface area contributed by atoms with E-state index >= 15 is 0 Å². The fraction of sp³-hybridized carbons (Fsp3) is 0.800. The third kappa shape index (κ3) is 8.21. The van der Waals surface area contributed by atoms with E-state index in [2.05, 4.69) is 15.7 Å². The van der Waals surface area contributed by atoms with Crippen LogP contribution in [0.25, 0.3) is 0 Å². The van der Waals surface area contributed by atoms with Crippen molar-refractivity contribution in [1.82, 2.24) is 16.1 Å². The van der Waals surface area contributed by atoms with E-state index in [4.69, 9.17) is 0 Å². The zero-order valence-electron chi connectivity index (χ0n) is 8.10. The molecule has 0 bridgehead atoms. The molecule has 0 spiro atoms. The number of guanidine groups is 1. The Labute approximate surface area is 85.0 Å². The van der Waals surface area contributed by atoms with Gasteiger partial charge in [0.25, 0.3) is 5.96 Å². The van der Waals surface area contributed by atoms with Gasteiger partial charge in [-0.3, -0.25) is 0 Å². The summed E-state index contributed by atoms with van der Waals surface area (Å²) in [5.41, 5.74) is 1.90. The molecule has 0 heterocycles. The van der Waals surface area contributed by atoms with Gasteiger partial charge in [0.15, 0.2) is 10.1 Å². The first-order valence-electron chi connectivity index (χ1n) is 4.15. The summed E-state index contributed by atoms with van der Waals surface area (Å²) >= 11 is 0. The molecule has 0 saturated carbocycles. The second-order valence-electron chi connectivity index (χ2n) is 2.31. The van der Waals surface area contributed by atoms with Crippen molar-refractivity contribution in [3.63, 3.8) is 0 Å². The molecule has 0 aromatic carbocycles. The van der Waals surface area contributed by atoms with Gasteiger partial charge in [-0.25, -0.2) is 20.2 Å². The maximum absolute atomic E-state index is 10.0. The molecule has 0 unspecified atom stereocenters. The molecule has 0 aromatic heterocycles. The van der Waals surface area contributed by atoms with Crippen LogP contribution >= 0.6 is 0 Å². The lowest BCUT2D eigenvalue weighted by Crippen LogP contribution is -2.41. The van der Waals surface area contributed by atoms with Gasteiger partial charge in [-0.05, 0) is 6.92 Å². The average Bonchev–Trinajstić information content (AvgIpc) is 2.11. The molecule has 10 heteroatoms. The minimum atomic E-state index is -0.855. The zero-order valence-corrected chi connectivity index (χ0v) is 8.10. The second kappa shape index (κ2) is 7.29. The Balaban J connectivity index is 3.86. The van der Waals surface area contributed by atoms with Gasteiger partial charge in [0.1, 0.15) is 5.10 Å². The summed E-state index contributed by atoms with van der Waals surface area (Å²) in [5.74, 6) is -0.0207. The van der Waals surface area contributed by atoms with Crippen LogP contribution < -0.4 is 16.1 Å². The molecular weight excluding hydrogens is 208 g/mol. The Hall–Kier alpha value is -2.13. The van der Waals surface area contributed by atoms with Gasteiger partial charge in [-0.2, -0.15) is 0 Å². The standard InChI is InChI=1S/C5H12N6O4/c1-2-6-5(9-11(14)15)7-3-4-8-10(12)13/h8H,2-4H2,1H3,(H2,6,7,9). The Morgan fingerprint density at radius 3 is 2.40 bits per heavy atom. The van der Waals surface area contributed by atoms with E-state index in [1.807, 2.05) is 5.43 Å². The summed E-state index contributed by atoms with van der Waals surface area (Å²) in [6.07, 6.45) is 0. The Kier molecular flexibility index (Phi) is 6.26. The molecule has 0 atom stereocenters. The van der Waals surface area contributed by atoms with Crippen LogP contribution in [-0.2, 0) is 0 Å². The fourth-order valence-corrected chi connectivity index (χ4v) is 0.710. The fourth-order valence-electron chi connectivity index (χ4n) is 0.710. The quantitative estimate of drug-likeness (QED) is 0.163. The van der Waals surface area contributed by atoms with E-state index in [0.29, 0.717) is 6.54 Å². The number of hydrazone groups is 1. The van der Waals surface area contributed by atoms with E-state index in [0.717, 1.165) is 0 Å². The lowest BCUT2D eigenvalue weighted by molar-refractivity contribution is -0.543. The average molecular weight is 220 g/mol. The lowest BCUT2D eigenvalue weighted by Gasteiger charge is -2.05. The molecule has 0 aliphatic rings. The van der Waals surface area contributed by atoms with Crippen LogP contribution in [0.4, 0.5) is 0 Å². The second-order valence-corrected chi connectivity index (χ2v) is 2.31. The number of nitrogens with one attached hydrogen (secondary N) is 3. The molecule has 0 rings (SSSR count). The van der Waals surface area contributed by atoms with Crippen LogP contribution in [0.3, 0.4) is 0 Å². The van der Waals surface area contributed by atoms with Gasteiger partial charge < -0.3 is 10.6 Å². The predicted octanol–water partition coefficient (Wildman–Crippen LogP) is -1.49. The highest BCUT2D eigenvalue weighted by Gasteiger charge is 2.02. The van der Waals surface area contributed by atoms with E-state index in [9.17, 15) is 20.2 Å². The normalized spacial score (nSPS) is 10.6. The van der Waals surface area contributed by atoms with Crippen molar-refractivity contribution in [2.24, 2.45) is 5.10 Å². The highest BCUT2D eigenvalue weighted by Crippen LogP contribution is 1.72. The van der Waals surface area contributed by atoms with Crippen molar-refractivity contribution in [2.75, 3.05) is 19.6 Å². The van der Waals surface area contributed by atoms with Gasteiger partial charge in [0.05, 0.1) is 6.54 Å². The summed E-state index contributed by atoms with van der Waals surface area (Å²) in [6.45, 7) is 2.39. The maximum Gasteiger partial charge on any atom is 0.268 e. The Morgan fingerprint density at radius 2 is 1.93 bits per heavy atom. The first-order valence-corrected chi connectivity index (χ1v) is 4.15. The number of rotatable bonds is 6. The van der Waals surface area contributed by atoms with Crippen LogP contribution in [0.5, 0.6) is 0 Å². The van der Waals surface area contributed by atoms with Gasteiger partial charge >= 0.3 is 0 Å².